The highest BCUT2D eigenvalue weighted by Gasteiger charge is 2.16. The van der Waals surface area contributed by atoms with Crippen LogP contribution in [-0.4, -0.2) is 28.5 Å². The number of benzene rings is 2. The van der Waals surface area contributed by atoms with Crippen LogP contribution in [0.1, 0.15) is 36.3 Å². The molecule has 1 aromatic heterocycles. The van der Waals surface area contributed by atoms with Gasteiger partial charge < -0.3 is 4.74 Å². The summed E-state index contributed by atoms with van der Waals surface area (Å²) in [6, 6.07) is 15.7. The molecule has 3 aromatic rings. The number of aryl methyl sites for hydroxylation is 1. The van der Waals surface area contributed by atoms with E-state index in [1.807, 2.05) is 6.07 Å². The van der Waals surface area contributed by atoms with Gasteiger partial charge in [0.25, 0.3) is 11.5 Å². The topological polar surface area (TPSA) is 109 Å². The third-order valence-corrected chi connectivity index (χ3v) is 4.56. The van der Waals surface area contributed by atoms with Crippen LogP contribution >= 0.6 is 0 Å². The standard InChI is InChI=1S/C23H23N5O3/c1-16(2)11-13-28-23(30)20-6-4-3-5-19(20)21(27-28)22(29)26-25-15-17-7-9-18(10-8-17)31-14-12-24/h3-10,15-16H,11,13-14H2,1-2H3,(H,26,29)/b25-15-. The van der Waals surface area contributed by atoms with Gasteiger partial charge in [0.1, 0.15) is 11.8 Å². The van der Waals surface area contributed by atoms with E-state index in [0.717, 1.165) is 12.0 Å². The molecule has 0 aliphatic rings. The predicted molar refractivity (Wildman–Crippen MR) is 118 cm³/mol. The number of rotatable bonds is 8. The summed E-state index contributed by atoms with van der Waals surface area (Å²) in [6.07, 6.45) is 2.27. The number of nitrogens with one attached hydrogen (secondary N) is 1. The molecule has 1 amide bonds. The molecule has 158 valence electrons. The summed E-state index contributed by atoms with van der Waals surface area (Å²) < 4.78 is 6.54. The first-order chi connectivity index (χ1) is 15.0. The molecule has 0 saturated heterocycles. The molecule has 0 aliphatic carbocycles. The maximum absolute atomic E-state index is 12.8. The second-order valence-electron chi connectivity index (χ2n) is 7.32. The van der Waals surface area contributed by atoms with Crippen LogP contribution in [0.3, 0.4) is 0 Å². The van der Waals surface area contributed by atoms with Gasteiger partial charge in [-0.2, -0.15) is 15.5 Å². The summed E-state index contributed by atoms with van der Waals surface area (Å²) in [5, 5.41) is 17.8. The van der Waals surface area contributed by atoms with E-state index in [2.05, 4.69) is 29.5 Å². The first-order valence-electron chi connectivity index (χ1n) is 9.92. The van der Waals surface area contributed by atoms with Gasteiger partial charge in [-0.25, -0.2) is 10.1 Å². The zero-order valence-corrected chi connectivity index (χ0v) is 17.4. The summed E-state index contributed by atoms with van der Waals surface area (Å²) >= 11 is 0. The molecule has 0 saturated carbocycles. The van der Waals surface area contributed by atoms with Crippen LogP contribution in [0.15, 0.2) is 58.4 Å². The van der Waals surface area contributed by atoms with Crippen molar-refractivity contribution in [2.24, 2.45) is 11.0 Å². The Morgan fingerprint density at radius 3 is 2.61 bits per heavy atom. The fourth-order valence-corrected chi connectivity index (χ4v) is 2.92. The Balaban J connectivity index is 1.80. The molecule has 0 spiro atoms. The predicted octanol–water partition coefficient (Wildman–Crippen LogP) is 3.11. The summed E-state index contributed by atoms with van der Waals surface area (Å²) in [7, 11) is 0. The zero-order chi connectivity index (χ0) is 22.2. The van der Waals surface area contributed by atoms with Gasteiger partial charge in [0.15, 0.2) is 12.3 Å². The van der Waals surface area contributed by atoms with Gasteiger partial charge in [-0.1, -0.05) is 32.0 Å². The van der Waals surface area contributed by atoms with Gasteiger partial charge >= 0.3 is 0 Å². The van der Waals surface area contributed by atoms with Crippen molar-refractivity contribution in [2.45, 2.75) is 26.8 Å². The highest BCUT2D eigenvalue weighted by atomic mass is 16.5. The molecule has 0 fully saturated rings. The van der Waals surface area contributed by atoms with Crippen LogP contribution in [0, 0.1) is 17.2 Å². The SMILES string of the molecule is CC(C)CCn1nc(C(=O)N/N=C\c2ccc(OCC#N)cc2)c2ccccc2c1=O. The molecular formula is C23H23N5O3. The number of carbonyl (C=O) groups excluding carboxylic acids is 1. The van der Waals surface area contributed by atoms with E-state index in [-0.39, 0.29) is 17.9 Å². The van der Waals surface area contributed by atoms with Gasteiger partial charge in [0, 0.05) is 11.9 Å². The largest absolute Gasteiger partial charge is 0.479 e. The molecule has 0 unspecified atom stereocenters. The van der Waals surface area contributed by atoms with Crippen LogP contribution in [-0.2, 0) is 6.54 Å². The molecule has 1 N–H and O–H groups in total. The molecule has 31 heavy (non-hydrogen) atoms. The maximum atomic E-state index is 12.8. The van der Waals surface area contributed by atoms with Crippen LogP contribution < -0.4 is 15.7 Å². The summed E-state index contributed by atoms with van der Waals surface area (Å²) in [5.41, 5.74) is 3.15. The number of nitriles is 1. The van der Waals surface area contributed by atoms with Gasteiger partial charge in [0.2, 0.25) is 0 Å². The van der Waals surface area contributed by atoms with Crippen molar-refractivity contribution < 1.29 is 9.53 Å². The molecule has 1 heterocycles. The van der Waals surface area contributed by atoms with Crippen LogP contribution in [0.5, 0.6) is 5.75 Å². The molecule has 8 nitrogen and oxygen atoms in total. The Morgan fingerprint density at radius 1 is 1.23 bits per heavy atom. The fourth-order valence-electron chi connectivity index (χ4n) is 2.92. The van der Waals surface area contributed by atoms with Crippen molar-refractivity contribution in [1.82, 2.24) is 15.2 Å². The van der Waals surface area contributed by atoms with Crippen LogP contribution in [0.25, 0.3) is 10.8 Å². The molecular weight excluding hydrogens is 394 g/mol. The Hall–Kier alpha value is -3.99. The van der Waals surface area contributed by atoms with E-state index in [1.165, 1.54) is 10.9 Å². The number of carbonyl (C=O) groups is 1. The number of hydrogen-bond donors (Lipinski definition) is 1. The van der Waals surface area contributed by atoms with E-state index in [9.17, 15) is 9.59 Å². The van der Waals surface area contributed by atoms with Crippen molar-refractivity contribution in [3.8, 4) is 11.8 Å². The van der Waals surface area contributed by atoms with Gasteiger partial charge in [-0.15, -0.1) is 0 Å². The number of ether oxygens (including phenoxy) is 1. The molecule has 0 radical (unpaired) electrons. The van der Waals surface area contributed by atoms with Crippen molar-refractivity contribution in [2.75, 3.05) is 6.61 Å². The third-order valence-electron chi connectivity index (χ3n) is 4.56. The molecule has 2 aromatic carbocycles. The van der Waals surface area contributed by atoms with Crippen LogP contribution in [0.4, 0.5) is 0 Å². The molecule has 3 rings (SSSR count). The molecule has 0 bridgehead atoms. The van der Waals surface area contributed by atoms with E-state index >= 15 is 0 Å². The maximum Gasteiger partial charge on any atom is 0.292 e. The van der Waals surface area contributed by atoms with Crippen LogP contribution in [0.2, 0.25) is 0 Å². The minimum atomic E-state index is -0.500. The van der Waals surface area contributed by atoms with Gasteiger partial charge in [-0.05, 0) is 48.2 Å². The smallest absolute Gasteiger partial charge is 0.292 e. The highest BCUT2D eigenvalue weighted by molar-refractivity contribution is 6.04. The summed E-state index contributed by atoms with van der Waals surface area (Å²) in [5.74, 6) is 0.473. The average molecular weight is 417 g/mol. The van der Waals surface area contributed by atoms with Gasteiger partial charge in [0.05, 0.1) is 11.6 Å². The highest BCUT2D eigenvalue weighted by Crippen LogP contribution is 2.14. The lowest BCUT2D eigenvalue weighted by Crippen LogP contribution is -2.29. The number of nitrogens with zero attached hydrogens (tertiary/aromatic N) is 4. The molecule has 0 atom stereocenters. The monoisotopic (exact) mass is 417 g/mol. The Kier molecular flexibility index (Phi) is 7.12. The van der Waals surface area contributed by atoms with Crippen molar-refractivity contribution >= 4 is 22.9 Å². The Morgan fingerprint density at radius 2 is 1.94 bits per heavy atom. The van der Waals surface area contributed by atoms with Crippen molar-refractivity contribution in [3.63, 3.8) is 0 Å². The van der Waals surface area contributed by atoms with Crippen molar-refractivity contribution in [3.05, 3.63) is 70.1 Å². The molecule has 0 aliphatic heterocycles. The second-order valence-corrected chi connectivity index (χ2v) is 7.32. The number of aromatic nitrogens is 2. The normalized spacial score (nSPS) is 11.0. The van der Waals surface area contributed by atoms with E-state index < -0.39 is 5.91 Å². The number of hydrogen-bond acceptors (Lipinski definition) is 6. The zero-order valence-electron chi connectivity index (χ0n) is 17.4. The Labute approximate surface area is 179 Å². The number of fused-ring (bicyclic) bond motifs is 1. The first kappa shape index (κ1) is 21.7. The van der Waals surface area contributed by atoms with E-state index in [1.54, 1.807) is 48.5 Å². The van der Waals surface area contributed by atoms with E-state index in [0.29, 0.717) is 29.0 Å². The quantitative estimate of drug-likeness (QED) is 0.447. The second kappa shape index (κ2) is 10.2. The first-order valence-corrected chi connectivity index (χ1v) is 9.92. The van der Waals surface area contributed by atoms with Gasteiger partial charge in [-0.3, -0.25) is 9.59 Å². The molecule has 8 heteroatoms. The fraction of sp³-hybridized carbons (Fsp3) is 0.261. The minimum Gasteiger partial charge on any atom is -0.479 e. The summed E-state index contributed by atoms with van der Waals surface area (Å²) in [6.45, 7) is 4.54. The van der Waals surface area contributed by atoms with E-state index in [4.69, 9.17) is 10.00 Å². The minimum absolute atomic E-state index is 0.0240. The Bertz CT molecular complexity index is 1190. The van der Waals surface area contributed by atoms with Crippen molar-refractivity contribution in [1.29, 1.82) is 5.26 Å². The lowest BCUT2D eigenvalue weighted by molar-refractivity contribution is 0.0949. The summed E-state index contributed by atoms with van der Waals surface area (Å²) in [4.78, 5) is 25.5. The number of amides is 1. The average Bonchev–Trinajstić information content (AvgIpc) is 2.78. The number of hydrazone groups is 1. The lowest BCUT2D eigenvalue weighted by atomic mass is 10.1. The lowest BCUT2D eigenvalue weighted by Gasteiger charge is -2.11. The third kappa shape index (κ3) is 5.54.